The van der Waals surface area contributed by atoms with Crippen molar-refractivity contribution in [3.05, 3.63) is 12.2 Å². The first-order valence-corrected chi connectivity index (χ1v) is 3.83. The minimum atomic E-state index is -1.26. The lowest BCUT2D eigenvalue weighted by molar-refractivity contribution is -0.134. The summed E-state index contributed by atoms with van der Waals surface area (Å²) in [6.45, 7) is 3.29. The van der Waals surface area contributed by atoms with E-state index in [-0.39, 0.29) is 0 Å². The minimum absolute atomic E-state index is 0.558. The molecule has 0 saturated heterocycles. The van der Waals surface area contributed by atoms with Crippen LogP contribution in [0.1, 0.15) is 13.3 Å². The van der Waals surface area contributed by atoms with Crippen molar-refractivity contribution in [3.8, 4) is 0 Å². The topological polar surface area (TPSA) is 86.6 Å². The molecule has 0 fully saturated rings. The predicted octanol–water partition coefficient (Wildman–Crippen LogP) is 0.328. The second-order valence-corrected chi connectivity index (χ2v) is 2.11. The zero-order valence-corrected chi connectivity index (χ0v) is 7.78. The molecule has 3 N–H and O–H groups in total. The number of hydrogen-bond acceptors (Lipinski definition) is 3. The molecule has 0 bridgehead atoms. The highest BCUT2D eigenvalue weighted by molar-refractivity contribution is 5.89. The normalized spacial score (nSPS) is 9.08. The Labute approximate surface area is 77.1 Å². The Bertz CT molecular complexity index is 159. The molecule has 0 heterocycles. The Kier molecular flexibility index (Phi) is 11.6. The fourth-order valence-electron chi connectivity index (χ4n) is 0.393. The molecule has 5 heteroatoms. The third-order valence-electron chi connectivity index (χ3n) is 0.868. The van der Waals surface area contributed by atoms with Gasteiger partial charge in [-0.1, -0.05) is 6.92 Å². The molecule has 0 unspecified atom stereocenters. The monoisotopic (exact) mass is 189 g/mol. The van der Waals surface area contributed by atoms with E-state index in [2.05, 4.69) is 12.2 Å². The molecule has 0 atom stereocenters. The fraction of sp³-hybridized carbons (Fsp3) is 0.500. The summed E-state index contributed by atoms with van der Waals surface area (Å²) in [5.74, 6) is -2.51. The van der Waals surface area contributed by atoms with Gasteiger partial charge in [-0.2, -0.15) is 0 Å². The summed E-state index contributed by atoms with van der Waals surface area (Å²) < 4.78 is 0. The maximum Gasteiger partial charge on any atom is 0.328 e. The van der Waals surface area contributed by atoms with Gasteiger partial charge in [0, 0.05) is 12.2 Å². The largest absolute Gasteiger partial charge is 0.478 e. The standard InChI is InChI=1S/C4H11N.C4H4O4/c1-3-4-5-2;5-3(6)1-2-4(7)8/h5H,3-4H2,1-2H3;1-2H,(H,5,6)(H,7,8)/b;2-1-. The molecule has 13 heavy (non-hydrogen) atoms. The highest BCUT2D eigenvalue weighted by Crippen LogP contribution is 1.70. The third-order valence-corrected chi connectivity index (χ3v) is 0.868. The van der Waals surface area contributed by atoms with Crippen molar-refractivity contribution >= 4 is 11.9 Å². The maximum atomic E-state index is 9.55. The van der Waals surface area contributed by atoms with Crippen molar-refractivity contribution in [2.75, 3.05) is 13.6 Å². The summed E-state index contributed by atoms with van der Waals surface area (Å²) in [5.41, 5.74) is 0. The van der Waals surface area contributed by atoms with Crippen LogP contribution in [0, 0.1) is 0 Å². The average molecular weight is 189 g/mol. The van der Waals surface area contributed by atoms with Gasteiger partial charge in [0.1, 0.15) is 0 Å². The molecule has 0 saturated carbocycles. The Morgan fingerprint density at radius 2 is 1.62 bits per heavy atom. The van der Waals surface area contributed by atoms with Gasteiger partial charge in [-0.05, 0) is 20.0 Å². The molecular formula is C8H15NO4. The molecule has 0 aromatic carbocycles. The van der Waals surface area contributed by atoms with E-state index in [4.69, 9.17) is 10.2 Å². The van der Waals surface area contributed by atoms with Gasteiger partial charge in [0.2, 0.25) is 0 Å². The number of carbonyl (C=O) groups is 2. The first-order valence-electron chi connectivity index (χ1n) is 3.83. The van der Waals surface area contributed by atoms with Crippen molar-refractivity contribution in [2.45, 2.75) is 13.3 Å². The van der Waals surface area contributed by atoms with Gasteiger partial charge in [0.15, 0.2) is 0 Å². The molecule has 0 aromatic heterocycles. The second kappa shape index (κ2) is 10.6. The number of nitrogens with one attached hydrogen (secondary N) is 1. The number of hydrogen-bond donors (Lipinski definition) is 3. The lowest BCUT2D eigenvalue weighted by Gasteiger charge is -1.84. The number of carboxylic acid groups (broad SMARTS) is 2. The van der Waals surface area contributed by atoms with Crippen LogP contribution in [0.5, 0.6) is 0 Å². The maximum absolute atomic E-state index is 9.55. The molecule has 0 spiro atoms. The van der Waals surface area contributed by atoms with E-state index in [0.717, 1.165) is 6.54 Å². The van der Waals surface area contributed by atoms with Crippen LogP contribution in [0.2, 0.25) is 0 Å². The van der Waals surface area contributed by atoms with Crippen LogP contribution in [-0.4, -0.2) is 35.7 Å². The van der Waals surface area contributed by atoms with Gasteiger partial charge < -0.3 is 15.5 Å². The van der Waals surface area contributed by atoms with Crippen LogP contribution in [0.15, 0.2) is 12.2 Å². The molecule has 0 radical (unpaired) electrons. The van der Waals surface area contributed by atoms with Gasteiger partial charge in [-0.15, -0.1) is 0 Å². The molecule has 0 aliphatic carbocycles. The number of aliphatic carboxylic acids is 2. The zero-order chi connectivity index (χ0) is 10.7. The van der Waals surface area contributed by atoms with Gasteiger partial charge in [0.05, 0.1) is 0 Å². The summed E-state index contributed by atoms with van der Waals surface area (Å²) in [6.07, 6.45) is 2.35. The van der Waals surface area contributed by atoms with E-state index in [0.29, 0.717) is 12.2 Å². The Morgan fingerprint density at radius 1 is 1.23 bits per heavy atom. The van der Waals surface area contributed by atoms with E-state index < -0.39 is 11.9 Å². The van der Waals surface area contributed by atoms with E-state index in [1.807, 2.05) is 7.05 Å². The molecule has 0 aromatic rings. The van der Waals surface area contributed by atoms with Crippen molar-refractivity contribution in [1.29, 1.82) is 0 Å². The Balaban J connectivity index is 0. The molecule has 0 rings (SSSR count). The summed E-state index contributed by atoms with van der Waals surface area (Å²) in [4.78, 5) is 19.1. The highest BCUT2D eigenvalue weighted by Gasteiger charge is 1.88. The molecule has 0 amide bonds. The first-order chi connectivity index (χ1) is 6.04. The molecular weight excluding hydrogens is 174 g/mol. The van der Waals surface area contributed by atoms with Gasteiger partial charge >= 0.3 is 11.9 Å². The van der Waals surface area contributed by atoms with Crippen LogP contribution < -0.4 is 5.32 Å². The van der Waals surface area contributed by atoms with Crippen molar-refractivity contribution in [3.63, 3.8) is 0 Å². The average Bonchev–Trinajstić information content (AvgIpc) is 2.03. The van der Waals surface area contributed by atoms with E-state index >= 15 is 0 Å². The smallest absolute Gasteiger partial charge is 0.328 e. The summed E-state index contributed by atoms with van der Waals surface area (Å²) >= 11 is 0. The lowest BCUT2D eigenvalue weighted by atomic mass is 10.5. The van der Waals surface area contributed by atoms with Crippen LogP contribution in [0.3, 0.4) is 0 Å². The van der Waals surface area contributed by atoms with E-state index in [9.17, 15) is 9.59 Å². The van der Waals surface area contributed by atoms with Crippen LogP contribution >= 0.6 is 0 Å². The van der Waals surface area contributed by atoms with Gasteiger partial charge in [0.25, 0.3) is 0 Å². The lowest BCUT2D eigenvalue weighted by Crippen LogP contribution is -2.04. The van der Waals surface area contributed by atoms with E-state index in [1.165, 1.54) is 6.42 Å². The number of carboxylic acids is 2. The van der Waals surface area contributed by atoms with Crippen molar-refractivity contribution < 1.29 is 19.8 Å². The quantitative estimate of drug-likeness (QED) is 0.555. The van der Waals surface area contributed by atoms with E-state index in [1.54, 1.807) is 0 Å². The fourth-order valence-corrected chi connectivity index (χ4v) is 0.393. The van der Waals surface area contributed by atoms with Crippen molar-refractivity contribution in [2.24, 2.45) is 0 Å². The Hall–Kier alpha value is -1.36. The second-order valence-electron chi connectivity index (χ2n) is 2.11. The first kappa shape index (κ1) is 14.2. The van der Waals surface area contributed by atoms with Gasteiger partial charge in [-0.25, -0.2) is 9.59 Å². The zero-order valence-electron chi connectivity index (χ0n) is 7.78. The Morgan fingerprint density at radius 3 is 1.69 bits per heavy atom. The van der Waals surface area contributed by atoms with Crippen molar-refractivity contribution in [1.82, 2.24) is 5.32 Å². The SMILES string of the molecule is CCCNC.O=C(O)/C=C\C(=O)O. The number of rotatable bonds is 4. The summed E-state index contributed by atoms with van der Waals surface area (Å²) in [7, 11) is 1.96. The minimum Gasteiger partial charge on any atom is -0.478 e. The summed E-state index contributed by atoms with van der Waals surface area (Å²) in [5, 5.41) is 18.6. The van der Waals surface area contributed by atoms with Crippen LogP contribution in [0.25, 0.3) is 0 Å². The van der Waals surface area contributed by atoms with Gasteiger partial charge in [-0.3, -0.25) is 0 Å². The predicted molar refractivity (Wildman–Crippen MR) is 48.6 cm³/mol. The third kappa shape index (κ3) is 25.0. The molecule has 0 aliphatic rings. The van der Waals surface area contributed by atoms with Crippen LogP contribution in [0.4, 0.5) is 0 Å². The molecule has 76 valence electrons. The van der Waals surface area contributed by atoms with Crippen LogP contribution in [-0.2, 0) is 9.59 Å². The summed E-state index contributed by atoms with van der Waals surface area (Å²) in [6, 6.07) is 0. The highest BCUT2D eigenvalue weighted by atomic mass is 16.4. The molecule has 0 aliphatic heterocycles. The molecule has 5 nitrogen and oxygen atoms in total.